The highest BCUT2D eigenvalue weighted by atomic mass is 16.2. The Hall–Kier alpha value is -3.40. The first-order valence-corrected chi connectivity index (χ1v) is 8.88. The van der Waals surface area contributed by atoms with Crippen LogP contribution in [0.5, 0.6) is 0 Å². The van der Waals surface area contributed by atoms with Crippen molar-refractivity contribution in [1.82, 2.24) is 10.6 Å². The van der Waals surface area contributed by atoms with Crippen LogP contribution in [0, 0.1) is 6.92 Å². The summed E-state index contributed by atoms with van der Waals surface area (Å²) in [6.45, 7) is 2.40. The fraction of sp³-hybridized carbons (Fsp3) is 0.130. The molecule has 0 aliphatic heterocycles. The summed E-state index contributed by atoms with van der Waals surface area (Å²) >= 11 is 0. The normalized spacial score (nSPS) is 10.3. The smallest absolute Gasteiger partial charge is 0.251 e. The van der Waals surface area contributed by atoms with Gasteiger partial charge in [0, 0.05) is 12.1 Å². The molecule has 0 heterocycles. The molecule has 27 heavy (non-hydrogen) atoms. The second-order valence-electron chi connectivity index (χ2n) is 6.33. The van der Waals surface area contributed by atoms with E-state index in [1.54, 1.807) is 12.1 Å². The molecule has 3 aromatic carbocycles. The molecule has 4 nitrogen and oxygen atoms in total. The molecule has 0 saturated carbocycles. The van der Waals surface area contributed by atoms with Gasteiger partial charge in [-0.15, -0.1) is 0 Å². The highest BCUT2D eigenvalue weighted by Gasteiger charge is 2.09. The van der Waals surface area contributed by atoms with Gasteiger partial charge in [0.2, 0.25) is 5.91 Å². The molecule has 0 fully saturated rings. The minimum atomic E-state index is -0.263. The van der Waals surface area contributed by atoms with Crippen LogP contribution in [0.15, 0.2) is 78.9 Å². The summed E-state index contributed by atoms with van der Waals surface area (Å²) in [5, 5.41) is 5.48. The van der Waals surface area contributed by atoms with Crippen LogP contribution in [-0.4, -0.2) is 18.4 Å². The predicted octanol–water partition coefficient (Wildman–Crippen LogP) is 3.71. The van der Waals surface area contributed by atoms with Crippen molar-refractivity contribution in [3.05, 3.63) is 95.6 Å². The second kappa shape index (κ2) is 8.81. The number of hydrogen-bond acceptors (Lipinski definition) is 2. The van der Waals surface area contributed by atoms with Crippen LogP contribution in [-0.2, 0) is 11.3 Å². The standard InChI is InChI=1S/C23H22N2O2/c1-17-7-5-6-10-21(17)15-24-22(26)16-25-23(27)20-13-11-19(12-14-20)18-8-3-2-4-9-18/h2-14H,15-16H2,1H3,(H,24,26)(H,25,27). The van der Waals surface area contributed by atoms with Gasteiger partial charge in [0.25, 0.3) is 5.91 Å². The number of aryl methyl sites for hydroxylation is 1. The van der Waals surface area contributed by atoms with Crippen molar-refractivity contribution in [3.8, 4) is 11.1 Å². The number of rotatable bonds is 6. The lowest BCUT2D eigenvalue weighted by molar-refractivity contribution is -0.120. The van der Waals surface area contributed by atoms with Gasteiger partial charge in [-0.3, -0.25) is 9.59 Å². The first-order valence-electron chi connectivity index (χ1n) is 8.88. The highest BCUT2D eigenvalue weighted by Crippen LogP contribution is 2.19. The van der Waals surface area contributed by atoms with Crippen LogP contribution in [0.25, 0.3) is 11.1 Å². The fourth-order valence-corrected chi connectivity index (χ4v) is 2.77. The number of nitrogens with one attached hydrogen (secondary N) is 2. The van der Waals surface area contributed by atoms with E-state index in [1.165, 1.54) is 0 Å². The van der Waals surface area contributed by atoms with Gasteiger partial charge < -0.3 is 10.6 Å². The first kappa shape index (κ1) is 18.4. The van der Waals surface area contributed by atoms with Crippen molar-refractivity contribution in [1.29, 1.82) is 0 Å². The Labute approximate surface area is 159 Å². The summed E-state index contributed by atoms with van der Waals surface area (Å²) in [5.74, 6) is -0.479. The van der Waals surface area contributed by atoms with Crippen LogP contribution in [0.3, 0.4) is 0 Å². The van der Waals surface area contributed by atoms with Crippen molar-refractivity contribution < 1.29 is 9.59 Å². The van der Waals surface area contributed by atoms with Gasteiger partial charge in [-0.05, 0) is 41.3 Å². The third-order valence-electron chi connectivity index (χ3n) is 4.40. The minimum absolute atomic E-state index is 0.0504. The average molecular weight is 358 g/mol. The second-order valence-corrected chi connectivity index (χ2v) is 6.33. The molecule has 0 unspecified atom stereocenters. The van der Waals surface area contributed by atoms with E-state index in [4.69, 9.17) is 0 Å². The Kier molecular flexibility index (Phi) is 6.00. The van der Waals surface area contributed by atoms with Crippen LogP contribution in [0.4, 0.5) is 0 Å². The summed E-state index contributed by atoms with van der Waals surface area (Å²) in [6, 6.07) is 25.2. The molecule has 2 amide bonds. The van der Waals surface area contributed by atoms with E-state index in [9.17, 15) is 9.59 Å². The maximum Gasteiger partial charge on any atom is 0.251 e. The molecule has 3 rings (SSSR count). The van der Waals surface area contributed by atoms with E-state index in [0.717, 1.165) is 22.3 Å². The molecule has 3 aromatic rings. The van der Waals surface area contributed by atoms with Gasteiger partial charge in [0.15, 0.2) is 0 Å². The average Bonchev–Trinajstić information content (AvgIpc) is 2.72. The Morgan fingerprint density at radius 1 is 0.741 bits per heavy atom. The maximum atomic E-state index is 12.2. The van der Waals surface area contributed by atoms with Crippen molar-refractivity contribution in [2.24, 2.45) is 0 Å². The third kappa shape index (κ3) is 5.05. The molecule has 0 aliphatic carbocycles. The van der Waals surface area contributed by atoms with Crippen LogP contribution in [0.1, 0.15) is 21.5 Å². The number of benzene rings is 3. The number of carbonyl (C=O) groups excluding carboxylic acids is 2. The maximum absolute atomic E-state index is 12.2. The lowest BCUT2D eigenvalue weighted by Gasteiger charge is -2.09. The number of carbonyl (C=O) groups is 2. The summed E-state index contributed by atoms with van der Waals surface area (Å²) < 4.78 is 0. The highest BCUT2D eigenvalue weighted by molar-refractivity contribution is 5.96. The molecule has 0 atom stereocenters. The van der Waals surface area contributed by atoms with E-state index in [0.29, 0.717) is 12.1 Å². The predicted molar refractivity (Wildman–Crippen MR) is 107 cm³/mol. The van der Waals surface area contributed by atoms with E-state index in [1.807, 2.05) is 73.7 Å². The number of hydrogen-bond donors (Lipinski definition) is 2. The van der Waals surface area contributed by atoms with E-state index >= 15 is 0 Å². The van der Waals surface area contributed by atoms with E-state index < -0.39 is 0 Å². The van der Waals surface area contributed by atoms with Crippen molar-refractivity contribution >= 4 is 11.8 Å². The van der Waals surface area contributed by atoms with Gasteiger partial charge >= 0.3 is 0 Å². The third-order valence-corrected chi connectivity index (χ3v) is 4.40. The summed E-state index contributed by atoms with van der Waals surface area (Å²) in [4.78, 5) is 24.2. The first-order chi connectivity index (χ1) is 13.1. The Morgan fingerprint density at radius 2 is 1.37 bits per heavy atom. The van der Waals surface area contributed by atoms with Gasteiger partial charge in [-0.25, -0.2) is 0 Å². The molecule has 2 N–H and O–H groups in total. The zero-order valence-corrected chi connectivity index (χ0v) is 15.2. The molecule has 0 aliphatic rings. The molecule has 136 valence electrons. The fourth-order valence-electron chi connectivity index (χ4n) is 2.77. The summed E-state index contributed by atoms with van der Waals surface area (Å²) in [6.07, 6.45) is 0. The summed E-state index contributed by atoms with van der Waals surface area (Å²) in [5.41, 5.74) is 4.86. The van der Waals surface area contributed by atoms with Crippen LogP contribution < -0.4 is 10.6 Å². The molecule has 0 spiro atoms. The van der Waals surface area contributed by atoms with Gasteiger partial charge in [-0.1, -0.05) is 66.7 Å². The molecular weight excluding hydrogens is 336 g/mol. The Bertz CT molecular complexity index is 919. The van der Waals surface area contributed by atoms with Crippen molar-refractivity contribution in [3.63, 3.8) is 0 Å². The topological polar surface area (TPSA) is 58.2 Å². The van der Waals surface area contributed by atoms with E-state index in [2.05, 4.69) is 10.6 Å². The van der Waals surface area contributed by atoms with Gasteiger partial charge in [-0.2, -0.15) is 0 Å². The lowest BCUT2D eigenvalue weighted by Crippen LogP contribution is -2.36. The largest absolute Gasteiger partial charge is 0.350 e. The zero-order chi connectivity index (χ0) is 19.1. The monoisotopic (exact) mass is 358 g/mol. The Balaban J connectivity index is 1.50. The molecule has 0 saturated heterocycles. The minimum Gasteiger partial charge on any atom is -0.350 e. The summed E-state index contributed by atoms with van der Waals surface area (Å²) in [7, 11) is 0. The molecular formula is C23H22N2O2. The van der Waals surface area contributed by atoms with Gasteiger partial charge in [0.1, 0.15) is 0 Å². The van der Waals surface area contributed by atoms with Crippen LogP contribution >= 0.6 is 0 Å². The van der Waals surface area contributed by atoms with Crippen LogP contribution in [0.2, 0.25) is 0 Å². The molecule has 0 bridgehead atoms. The molecule has 0 radical (unpaired) electrons. The molecule has 4 heteroatoms. The Morgan fingerprint density at radius 3 is 2.07 bits per heavy atom. The van der Waals surface area contributed by atoms with Gasteiger partial charge in [0.05, 0.1) is 6.54 Å². The number of amides is 2. The quantitative estimate of drug-likeness (QED) is 0.706. The van der Waals surface area contributed by atoms with Crippen molar-refractivity contribution in [2.45, 2.75) is 13.5 Å². The van der Waals surface area contributed by atoms with E-state index in [-0.39, 0.29) is 18.4 Å². The molecule has 0 aromatic heterocycles. The zero-order valence-electron chi connectivity index (χ0n) is 15.2. The SMILES string of the molecule is Cc1ccccc1CNC(=O)CNC(=O)c1ccc(-c2ccccc2)cc1. The lowest BCUT2D eigenvalue weighted by atomic mass is 10.0. The van der Waals surface area contributed by atoms with Crippen molar-refractivity contribution in [2.75, 3.05) is 6.54 Å².